The third-order valence-electron chi connectivity index (χ3n) is 3.46. The van der Waals surface area contributed by atoms with Crippen LogP contribution in [0.15, 0.2) is 47.1 Å². The van der Waals surface area contributed by atoms with Crippen LogP contribution in [0.2, 0.25) is 0 Å². The normalized spacial score (nSPS) is 16.0. The van der Waals surface area contributed by atoms with Crippen LogP contribution in [0.5, 0.6) is 5.75 Å². The number of furan rings is 1. The lowest BCUT2D eigenvalue weighted by molar-refractivity contribution is -0.111. The van der Waals surface area contributed by atoms with Crippen LogP contribution in [-0.2, 0) is 4.79 Å². The van der Waals surface area contributed by atoms with E-state index in [1.807, 2.05) is 13.8 Å². The molecule has 1 aliphatic heterocycles. The Morgan fingerprint density at radius 3 is 2.87 bits per heavy atom. The fourth-order valence-corrected chi connectivity index (χ4v) is 2.46. The summed E-state index contributed by atoms with van der Waals surface area (Å²) in [6, 6.07) is 8.56. The predicted molar refractivity (Wildman–Crippen MR) is 86.5 cm³/mol. The molecule has 5 heteroatoms. The number of amides is 1. The van der Waals surface area contributed by atoms with E-state index in [1.54, 1.807) is 36.4 Å². The van der Waals surface area contributed by atoms with Crippen molar-refractivity contribution in [2.24, 2.45) is 0 Å². The third kappa shape index (κ3) is 3.51. The molecule has 0 aliphatic carbocycles. The molecule has 0 bridgehead atoms. The molecule has 1 amide bonds. The molecule has 0 fully saturated rings. The van der Waals surface area contributed by atoms with E-state index >= 15 is 0 Å². The number of anilines is 1. The highest BCUT2D eigenvalue weighted by Gasteiger charge is 2.32. The van der Waals surface area contributed by atoms with Crippen molar-refractivity contribution in [3.63, 3.8) is 0 Å². The molecule has 2 heterocycles. The zero-order valence-corrected chi connectivity index (χ0v) is 13.0. The smallest absolute Gasteiger partial charge is 0.248 e. The summed E-state index contributed by atoms with van der Waals surface area (Å²) in [5, 5.41) is 2.72. The predicted octanol–water partition coefficient (Wildman–Crippen LogP) is 3.68. The highest BCUT2D eigenvalue weighted by molar-refractivity contribution is 6.04. The lowest BCUT2D eigenvalue weighted by atomic mass is 9.93. The van der Waals surface area contributed by atoms with Gasteiger partial charge in [0.1, 0.15) is 17.1 Å². The standard InChI is InChI=1S/C18H17NO4/c1-18(2)11-15(20)14-10-12(5-7-16(14)23-18)19-17(21)8-6-13-4-3-9-22-13/h3-10H,11H2,1-2H3,(H,19,21)/b8-6+. The number of ketones is 1. The van der Waals surface area contributed by atoms with E-state index in [-0.39, 0.29) is 11.7 Å². The maximum Gasteiger partial charge on any atom is 0.248 e. The number of ether oxygens (including phenoxy) is 1. The Kier molecular flexibility index (Phi) is 3.78. The van der Waals surface area contributed by atoms with E-state index in [4.69, 9.17) is 9.15 Å². The summed E-state index contributed by atoms with van der Waals surface area (Å²) >= 11 is 0. The zero-order chi connectivity index (χ0) is 16.4. The summed E-state index contributed by atoms with van der Waals surface area (Å²) < 4.78 is 10.9. The van der Waals surface area contributed by atoms with Gasteiger partial charge in [0.15, 0.2) is 5.78 Å². The number of Topliss-reactive ketones (excluding diaryl/α,β-unsaturated/α-hetero) is 1. The minimum absolute atomic E-state index is 0.0125. The van der Waals surface area contributed by atoms with Crippen LogP contribution in [0, 0.1) is 0 Å². The Morgan fingerprint density at radius 2 is 2.13 bits per heavy atom. The van der Waals surface area contributed by atoms with E-state index in [1.165, 1.54) is 12.3 Å². The van der Waals surface area contributed by atoms with Crippen LogP contribution in [0.25, 0.3) is 6.08 Å². The van der Waals surface area contributed by atoms with Crippen LogP contribution in [0.1, 0.15) is 36.4 Å². The van der Waals surface area contributed by atoms with Gasteiger partial charge in [-0.05, 0) is 50.3 Å². The van der Waals surface area contributed by atoms with Gasteiger partial charge < -0.3 is 14.5 Å². The second-order valence-electron chi connectivity index (χ2n) is 6.01. The largest absolute Gasteiger partial charge is 0.487 e. The Bertz CT molecular complexity index is 772. The molecule has 1 aliphatic rings. The monoisotopic (exact) mass is 311 g/mol. The van der Waals surface area contributed by atoms with E-state index in [2.05, 4.69) is 5.32 Å². The van der Waals surface area contributed by atoms with Crippen LogP contribution in [0.3, 0.4) is 0 Å². The van der Waals surface area contributed by atoms with Crippen molar-refractivity contribution in [3.05, 3.63) is 54.0 Å². The number of fused-ring (bicyclic) bond motifs is 1. The number of carbonyl (C=O) groups is 2. The van der Waals surface area contributed by atoms with E-state index < -0.39 is 5.60 Å². The summed E-state index contributed by atoms with van der Waals surface area (Å²) in [5.41, 5.74) is 0.548. The van der Waals surface area contributed by atoms with Crippen LogP contribution in [0.4, 0.5) is 5.69 Å². The SMILES string of the molecule is CC1(C)CC(=O)c2cc(NC(=O)/C=C/c3ccco3)ccc2O1. The molecule has 0 atom stereocenters. The minimum Gasteiger partial charge on any atom is -0.487 e. The zero-order valence-electron chi connectivity index (χ0n) is 13.0. The molecule has 1 N–H and O–H groups in total. The van der Waals surface area contributed by atoms with Crippen LogP contribution >= 0.6 is 0 Å². The molecule has 0 spiro atoms. The first kappa shape index (κ1) is 15.1. The number of benzene rings is 1. The molecule has 5 nitrogen and oxygen atoms in total. The minimum atomic E-state index is -0.499. The van der Waals surface area contributed by atoms with Crippen LogP contribution < -0.4 is 10.1 Å². The number of nitrogens with one attached hydrogen (secondary N) is 1. The topological polar surface area (TPSA) is 68.5 Å². The van der Waals surface area contributed by atoms with Gasteiger partial charge in [-0.3, -0.25) is 9.59 Å². The van der Waals surface area contributed by atoms with Crippen molar-refractivity contribution in [2.45, 2.75) is 25.9 Å². The molecule has 3 rings (SSSR count). The highest BCUT2D eigenvalue weighted by atomic mass is 16.5. The molecule has 1 aromatic carbocycles. The first-order valence-corrected chi connectivity index (χ1v) is 7.32. The van der Waals surface area contributed by atoms with E-state index in [0.29, 0.717) is 29.2 Å². The molecule has 2 aromatic rings. The number of hydrogen-bond acceptors (Lipinski definition) is 4. The van der Waals surface area contributed by atoms with Gasteiger partial charge in [0.05, 0.1) is 18.2 Å². The van der Waals surface area contributed by atoms with Crippen LogP contribution in [-0.4, -0.2) is 17.3 Å². The van der Waals surface area contributed by atoms with Crippen molar-refractivity contribution in [3.8, 4) is 5.75 Å². The second-order valence-corrected chi connectivity index (χ2v) is 6.01. The first-order chi connectivity index (χ1) is 10.9. The van der Waals surface area contributed by atoms with Gasteiger partial charge in [-0.25, -0.2) is 0 Å². The summed E-state index contributed by atoms with van der Waals surface area (Å²) in [7, 11) is 0. The van der Waals surface area contributed by atoms with Crippen molar-refractivity contribution in [1.82, 2.24) is 0 Å². The van der Waals surface area contributed by atoms with Gasteiger partial charge in [-0.1, -0.05) is 0 Å². The van der Waals surface area contributed by atoms with Gasteiger partial charge >= 0.3 is 0 Å². The molecule has 0 unspecified atom stereocenters. The maximum absolute atomic E-state index is 12.2. The number of carbonyl (C=O) groups excluding carboxylic acids is 2. The van der Waals surface area contributed by atoms with E-state index in [9.17, 15) is 9.59 Å². The quantitative estimate of drug-likeness (QED) is 0.878. The lowest BCUT2D eigenvalue weighted by Gasteiger charge is -2.31. The molecule has 23 heavy (non-hydrogen) atoms. The molecule has 0 radical (unpaired) electrons. The maximum atomic E-state index is 12.2. The average molecular weight is 311 g/mol. The summed E-state index contributed by atoms with van der Waals surface area (Å²) in [6.07, 6.45) is 4.80. The average Bonchev–Trinajstić information content (AvgIpc) is 2.98. The van der Waals surface area contributed by atoms with Gasteiger partial charge in [-0.2, -0.15) is 0 Å². The molecule has 0 saturated carbocycles. The molecule has 0 saturated heterocycles. The highest BCUT2D eigenvalue weighted by Crippen LogP contribution is 2.34. The molecular weight excluding hydrogens is 294 g/mol. The Morgan fingerprint density at radius 1 is 1.30 bits per heavy atom. The van der Waals surface area contributed by atoms with Crippen molar-refractivity contribution in [1.29, 1.82) is 0 Å². The Balaban J connectivity index is 1.74. The second kappa shape index (κ2) is 5.76. The molecule has 118 valence electrons. The van der Waals surface area contributed by atoms with Gasteiger partial charge in [0, 0.05) is 11.8 Å². The number of rotatable bonds is 3. The fraction of sp³-hybridized carbons (Fsp3) is 0.222. The third-order valence-corrected chi connectivity index (χ3v) is 3.46. The van der Waals surface area contributed by atoms with Gasteiger partial charge in [0.2, 0.25) is 5.91 Å². The lowest BCUT2D eigenvalue weighted by Crippen LogP contribution is -2.35. The van der Waals surface area contributed by atoms with E-state index in [0.717, 1.165) is 0 Å². The fourth-order valence-electron chi connectivity index (χ4n) is 2.46. The first-order valence-electron chi connectivity index (χ1n) is 7.32. The van der Waals surface area contributed by atoms with Crippen molar-refractivity contribution >= 4 is 23.5 Å². The Labute approximate surface area is 133 Å². The summed E-state index contributed by atoms with van der Waals surface area (Å²) in [6.45, 7) is 3.76. The molecular formula is C18H17NO4. The molecule has 1 aromatic heterocycles. The number of hydrogen-bond donors (Lipinski definition) is 1. The summed E-state index contributed by atoms with van der Waals surface area (Å²) in [5.74, 6) is 0.858. The van der Waals surface area contributed by atoms with Gasteiger partial charge in [-0.15, -0.1) is 0 Å². The van der Waals surface area contributed by atoms with Gasteiger partial charge in [0.25, 0.3) is 0 Å². The van der Waals surface area contributed by atoms with Crippen molar-refractivity contribution < 1.29 is 18.7 Å². The Hall–Kier alpha value is -2.82. The summed E-state index contributed by atoms with van der Waals surface area (Å²) in [4.78, 5) is 24.1. The van der Waals surface area contributed by atoms with Crippen molar-refractivity contribution in [2.75, 3.05) is 5.32 Å².